The molecule has 1 fully saturated rings. The van der Waals surface area contributed by atoms with E-state index in [-0.39, 0.29) is 18.9 Å². The summed E-state index contributed by atoms with van der Waals surface area (Å²) in [6.07, 6.45) is 2.99. The second kappa shape index (κ2) is 9.00. The highest BCUT2D eigenvalue weighted by Gasteiger charge is 2.24. The molecule has 3 aromatic rings. The fraction of sp³-hybridized carbons (Fsp3) is 0.417. The number of benzene rings is 2. The Balaban J connectivity index is 1.66. The Labute approximate surface area is 191 Å². The number of ether oxygens (including phenoxy) is 3. The molecule has 1 unspecified atom stereocenters. The van der Waals surface area contributed by atoms with Gasteiger partial charge in [-0.15, -0.1) is 0 Å². The Morgan fingerprint density at radius 3 is 2.94 bits per heavy atom. The third-order valence-corrected chi connectivity index (χ3v) is 6.20. The van der Waals surface area contributed by atoms with Crippen molar-refractivity contribution in [3.05, 3.63) is 47.0 Å². The van der Waals surface area contributed by atoms with E-state index in [1.807, 2.05) is 48.0 Å². The maximum Gasteiger partial charge on any atom is 0.407 e. The Bertz CT molecular complexity index is 1140. The minimum Gasteiger partial charge on any atom is -0.489 e. The number of fused-ring (bicyclic) bond motifs is 4. The van der Waals surface area contributed by atoms with Crippen molar-refractivity contribution >= 4 is 28.6 Å². The summed E-state index contributed by atoms with van der Waals surface area (Å²) in [6.45, 7) is 3.31. The van der Waals surface area contributed by atoms with Crippen molar-refractivity contribution in [2.24, 2.45) is 0 Å². The number of halogens is 1. The van der Waals surface area contributed by atoms with Crippen molar-refractivity contribution in [3.63, 3.8) is 0 Å². The van der Waals surface area contributed by atoms with E-state index in [1.54, 1.807) is 0 Å². The number of alkyl carbamates (subject to hydrolysis) is 1. The number of carbonyl (C=O) groups excluding carboxylic acids is 1. The van der Waals surface area contributed by atoms with E-state index < -0.39 is 6.09 Å². The van der Waals surface area contributed by atoms with Crippen LogP contribution in [0.2, 0.25) is 5.02 Å². The van der Waals surface area contributed by atoms with Crippen molar-refractivity contribution in [2.75, 3.05) is 13.2 Å². The molecule has 1 aromatic heterocycles. The largest absolute Gasteiger partial charge is 0.489 e. The van der Waals surface area contributed by atoms with Gasteiger partial charge >= 0.3 is 6.09 Å². The lowest BCUT2D eigenvalue weighted by atomic mass is 10.0. The molecule has 5 rings (SSSR count). The zero-order chi connectivity index (χ0) is 22.1. The molecule has 0 saturated carbocycles. The molecule has 1 N–H and O–H groups in total. The van der Waals surface area contributed by atoms with Crippen molar-refractivity contribution in [2.45, 2.75) is 51.5 Å². The second-order valence-corrected chi connectivity index (χ2v) is 8.74. The average Bonchev–Trinajstić information content (AvgIpc) is 3.16. The molecule has 0 radical (unpaired) electrons. The Morgan fingerprint density at radius 1 is 1.19 bits per heavy atom. The van der Waals surface area contributed by atoms with Crippen LogP contribution in [0.25, 0.3) is 22.2 Å². The molecule has 8 heteroatoms. The average molecular weight is 456 g/mol. The smallest absolute Gasteiger partial charge is 0.407 e. The molecule has 0 spiro atoms. The molecule has 1 saturated heterocycles. The monoisotopic (exact) mass is 455 g/mol. The summed E-state index contributed by atoms with van der Waals surface area (Å²) in [5.74, 6) is 0.602. The number of nitrogens with one attached hydrogen (secondary N) is 1. The Hall–Kier alpha value is -2.77. The highest BCUT2D eigenvalue weighted by atomic mass is 35.5. The number of amides is 1. The molecule has 1 amide bonds. The summed E-state index contributed by atoms with van der Waals surface area (Å²) in [6, 6.07) is 11.8. The molecule has 2 aliphatic heterocycles. The van der Waals surface area contributed by atoms with Gasteiger partial charge in [-0.1, -0.05) is 29.8 Å². The molecule has 32 heavy (non-hydrogen) atoms. The van der Waals surface area contributed by atoms with Gasteiger partial charge in [-0.05, 0) is 49.9 Å². The summed E-state index contributed by atoms with van der Waals surface area (Å²) in [5, 5.41) is 9.21. The SMILES string of the molecule is C[C@@H]1CCNC(=O)OCc2cccc(c2)-c2nn(C3CCCCO3)c3cc(Cl)c(cc23)O1. The zero-order valence-electron chi connectivity index (χ0n) is 18.0. The summed E-state index contributed by atoms with van der Waals surface area (Å²) in [4.78, 5) is 12.0. The van der Waals surface area contributed by atoms with Gasteiger partial charge in [-0.25, -0.2) is 9.48 Å². The first-order valence-electron chi connectivity index (χ1n) is 11.1. The van der Waals surface area contributed by atoms with Crippen LogP contribution in [-0.2, 0) is 16.1 Å². The van der Waals surface area contributed by atoms with Gasteiger partial charge < -0.3 is 19.5 Å². The van der Waals surface area contributed by atoms with Crippen molar-refractivity contribution in [1.29, 1.82) is 0 Å². The first-order chi connectivity index (χ1) is 15.6. The van der Waals surface area contributed by atoms with Crippen molar-refractivity contribution in [3.8, 4) is 17.0 Å². The number of nitrogens with zero attached hydrogens (tertiary/aromatic N) is 2. The molecular formula is C24H26ClN3O4. The molecule has 2 aromatic carbocycles. The first-order valence-corrected chi connectivity index (χ1v) is 11.5. The van der Waals surface area contributed by atoms with Crippen LogP contribution in [0.1, 0.15) is 44.4 Å². The molecule has 2 aliphatic rings. The Kier molecular flexibility index (Phi) is 5.93. The number of hydrogen-bond acceptors (Lipinski definition) is 5. The van der Waals surface area contributed by atoms with Gasteiger partial charge in [0, 0.05) is 30.5 Å². The van der Waals surface area contributed by atoms with Crippen LogP contribution in [0.5, 0.6) is 5.75 Å². The summed E-state index contributed by atoms with van der Waals surface area (Å²) < 4.78 is 19.5. The fourth-order valence-corrected chi connectivity index (χ4v) is 4.44. The number of carbonyl (C=O) groups is 1. The molecule has 168 valence electrons. The van der Waals surface area contributed by atoms with Gasteiger partial charge in [0.15, 0.2) is 6.23 Å². The van der Waals surface area contributed by atoms with Crippen LogP contribution in [0, 0.1) is 0 Å². The van der Waals surface area contributed by atoms with Crippen molar-refractivity contribution in [1.82, 2.24) is 15.1 Å². The topological polar surface area (TPSA) is 74.6 Å². The summed E-state index contributed by atoms with van der Waals surface area (Å²) >= 11 is 6.64. The van der Waals surface area contributed by atoms with Crippen LogP contribution >= 0.6 is 11.6 Å². The quantitative estimate of drug-likeness (QED) is 0.527. The predicted octanol–water partition coefficient (Wildman–Crippen LogP) is 5.45. The fourth-order valence-electron chi connectivity index (χ4n) is 4.24. The van der Waals surface area contributed by atoms with Crippen LogP contribution < -0.4 is 10.1 Å². The minimum absolute atomic E-state index is 0.123. The van der Waals surface area contributed by atoms with Gasteiger partial charge in [0.1, 0.15) is 18.1 Å². The van der Waals surface area contributed by atoms with Gasteiger partial charge in [0.2, 0.25) is 0 Å². The lowest BCUT2D eigenvalue weighted by molar-refractivity contribution is -0.0365. The first kappa shape index (κ1) is 21.1. The molecule has 3 heterocycles. The van der Waals surface area contributed by atoms with Gasteiger partial charge in [0.05, 0.1) is 16.6 Å². The molecule has 0 aliphatic carbocycles. The number of rotatable bonds is 1. The van der Waals surface area contributed by atoms with Gasteiger partial charge in [0.25, 0.3) is 0 Å². The molecule has 2 atom stereocenters. The summed E-state index contributed by atoms with van der Waals surface area (Å²) in [5.41, 5.74) is 3.56. The molecule has 7 nitrogen and oxygen atoms in total. The lowest BCUT2D eigenvalue weighted by Gasteiger charge is -2.23. The normalized spacial score (nSPS) is 21.9. The third-order valence-electron chi connectivity index (χ3n) is 5.91. The van der Waals surface area contributed by atoms with Gasteiger partial charge in [-0.3, -0.25) is 0 Å². The number of cyclic esters (lactones) is 1. The highest BCUT2D eigenvalue weighted by molar-refractivity contribution is 6.33. The van der Waals surface area contributed by atoms with Crippen LogP contribution in [0.4, 0.5) is 4.79 Å². The molecule has 4 bridgehead atoms. The van der Waals surface area contributed by atoms with Crippen LogP contribution in [-0.4, -0.2) is 35.1 Å². The Morgan fingerprint density at radius 2 is 2.09 bits per heavy atom. The standard InChI is InChI=1S/C24H26ClN3O4/c1-15-8-9-26-24(29)31-14-16-5-4-6-17(11-16)23-18-12-21(32-15)19(25)13-20(18)28(27-23)22-7-2-3-10-30-22/h4-6,11-13,15,22H,2-3,7-10,14H2,1H3,(H,26,29)/t15-,22?/m1/s1. The van der Waals surface area contributed by atoms with E-state index in [9.17, 15) is 4.79 Å². The number of hydrogen-bond donors (Lipinski definition) is 1. The predicted molar refractivity (Wildman–Crippen MR) is 122 cm³/mol. The van der Waals surface area contributed by atoms with E-state index in [0.717, 1.165) is 53.6 Å². The second-order valence-electron chi connectivity index (χ2n) is 8.33. The van der Waals surface area contributed by atoms with Gasteiger partial charge in [-0.2, -0.15) is 5.10 Å². The van der Waals surface area contributed by atoms with Crippen LogP contribution in [0.15, 0.2) is 36.4 Å². The van der Waals surface area contributed by atoms with E-state index in [2.05, 4.69) is 5.32 Å². The maximum absolute atomic E-state index is 12.0. The van der Waals surface area contributed by atoms with E-state index >= 15 is 0 Å². The lowest BCUT2D eigenvalue weighted by Crippen LogP contribution is -2.28. The van der Waals surface area contributed by atoms with E-state index in [4.69, 9.17) is 30.9 Å². The van der Waals surface area contributed by atoms with Crippen LogP contribution in [0.3, 0.4) is 0 Å². The third kappa shape index (κ3) is 4.27. The highest BCUT2D eigenvalue weighted by Crippen LogP contribution is 2.38. The minimum atomic E-state index is -0.447. The van der Waals surface area contributed by atoms with E-state index in [1.165, 1.54) is 0 Å². The zero-order valence-corrected chi connectivity index (χ0v) is 18.7. The summed E-state index contributed by atoms with van der Waals surface area (Å²) in [7, 11) is 0. The molecular weight excluding hydrogens is 430 g/mol. The van der Waals surface area contributed by atoms with E-state index in [0.29, 0.717) is 23.7 Å². The maximum atomic E-state index is 12.0. The number of aromatic nitrogens is 2. The van der Waals surface area contributed by atoms with Crippen molar-refractivity contribution < 1.29 is 19.0 Å².